The summed E-state index contributed by atoms with van der Waals surface area (Å²) in [6.45, 7) is 8.10. The normalized spacial score (nSPS) is 14.2. The Bertz CT molecular complexity index is 1530. The van der Waals surface area contributed by atoms with Crippen LogP contribution in [0.3, 0.4) is 0 Å². The van der Waals surface area contributed by atoms with Crippen LogP contribution in [0.15, 0.2) is 66.0 Å². The third-order valence-electron chi connectivity index (χ3n) is 6.22. The Kier molecular flexibility index (Phi) is 7.60. The zero-order valence-electron chi connectivity index (χ0n) is 23.0. The van der Waals surface area contributed by atoms with E-state index < -0.39 is 11.8 Å². The van der Waals surface area contributed by atoms with Crippen LogP contribution in [0.2, 0.25) is 0 Å². The Balaban J connectivity index is 1.22. The van der Waals surface area contributed by atoms with E-state index in [0.717, 1.165) is 22.4 Å². The Morgan fingerprint density at radius 1 is 0.975 bits per heavy atom. The molecule has 1 fully saturated rings. The fourth-order valence-corrected chi connectivity index (χ4v) is 4.30. The SMILES string of the molecule is Cn1cc(-c2ccc(=O)n(Cc3cccc(-c4ncc(N5CCN(OC(=O)OC(C)(C)C)CC5)cn4)c3)n2)cn1. The third-order valence-corrected chi connectivity index (χ3v) is 6.22. The molecule has 0 bridgehead atoms. The topological polar surface area (TPSA) is 120 Å². The van der Waals surface area contributed by atoms with Gasteiger partial charge in [-0.05, 0) is 38.5 Å². The minimum absolute atomic E-state index is 0.185. The first-order valence-corrected chi connectivity index (χ1v) is 13.0. The summed E-state index contributed by atoms with van der Waals surface area (Å²) in [5.41, 5.74) is 3.38. The monoisotopic (exact) mass is 544 g/mol. The smallest absolute Gasteiger partial charge is 0.427 e. The van der Waals surface area contributed by atoms with Gasteiger partial charge in [0.2, 0.25) is 0 Å². The van der Waals surface area contributed by atoms with E-state index in [9.17, 15) is 9.59 Å². The van der Waals surface area contributed by atoms with Gasteiger partial charge in [0.05, 0.1) is 49.6 Å². The minimum atomic E-state index is -0.697. The first kappa shape index (κ1) is 27.0. The lowest BCUT2D eigenvalue weighted by atomic mass is 10.1. The summed E-state index contributed by atoms with van der Waals surface area (Å²) in [6, 6.07) is 11.0. The van der Waals surface area contributed by atoms with Gasteiger partial charge < -0.3 is 14.5 Å². The van der Waals surface area contributed by atoms with Crippen LogP contribution in [0.5, 0.6) is 0 Å². The number of carbonyl (C=O) groups is 1. The molecule has 208 valence electrons. The van der Waals surface area contributed by atoms with Crippen molar-refractivity contribution in [3.8, 4) is 22.6 Å². The molecule has 0 spiro atoms. The number of aryl methyl sites for hydroxylation is 1. The number of ether oxygens (including phenoxy) is 1. The molecule has 40 heavy (non-hydrogen) atoms. The third kappa shape index (κ3) is 6.70. The van der Waals surface area contributed by atoms with Crippen LogP contribution >= 0.6 is 0 Å². The molecule has 5 rings (SSSR count). The Morgan fingerprint density at radius 2 is 1.73 bits per heavy atom. The van der Waals surface area contributed by atoms with Crippen molar-refractivity contribution in [1.82, 2.24) is 34.6 Å². The summed E-state index contributed by atoms with van der Waals surface area (Å²) < 4.78 is 8.36. The second kappa shape index (κ2) is 11.3. The van der Waals surface area contributed by atoms with Crippen LogP contribution in [-0.2, 0) is 23.2 Å². The lowest BCUT2D eigenvalue weighted by Crippen LogP contribution is -2.47. The van der Waals surface area contributed by atoms with E-state index in [4.69, 9.17) is 9.57 Å². The van der Waals surface area contributed by atoms with Crippen LogP contribution < -0.4 is 10.5 Å². The molecule has 1 aliphatic rings. The van der Waals surface area contributed by atoms with Crippen molar-refractivity contribution in [2.45, 2.75) is 32.9 Å². The molecule has 0 amide bonds. The van der Waals surface area contributed by atoms with Gasteiger partial charge >= 0.3 is 6.16 Å². The quantitative estimate of drug-likeness (QED) is 0.335. The number of carbonyl (C=O) groups excluding carboxylic acids is 1. The molecule has 3 aromatic heterocycles. The second-order valence-corrected chi connectivity index (χ2v) is 10.6. The molecular weight excluding hydrogens is 512 g/mol. The van der Waals surface area contributed by atoms with Gasteiger partial charge in [-0.15, -0.1) is 5.06 Å². The minimum Gasteiger partial charge on any atom is -0.427 e. The molecule has 0 N–H and O–H groups in total. The summed E-state index contributed by atoms with van der Waals surface area (Å²) in [5.74, 6) is 0.585. The lowest BCUT2D eigenvalue weighted by Gasteiger charge is -2.34. The maximum Gasteiger partial charge on any atom is 0.528 e. The number of rotatable bonds is 6. The molecule has 0 saturated carbocycles. The average Bonchev–Trinajstić information content (AvgIpc) is 3.36. The highest BCUT2D eigenvalue weighted by Gasteiger charge is 2.24. The van der Waals surface area contributed by atoms with Crippen molar-refractivity contribution in [3.05, 3.63) is 77.1 Å². The van der Waals surface area contributed by atoms with Crippen LogP contribution in [0, 0.1) is 0 Å². The zero-order valence-corrected chi connectivity index (χ0v) is 23.0. The zero-order chi connectivity index (χ0) is 28.3. The van der Waals surface area contributed by atoms with Crippen molar-refractivity contribution >= 4 is 11.8 Å². The van der Waals surface area contributed by atoms with Crippen LogP contribution in [-0.4, -0.2) is 72.5 Å². The maximum atomic E-state index is 12.5. The molecule has 12 heteroatoms. The highest BCUT2D eigenvalue weighted by atomic mass is 16.8. The predicted octanol–water partition coefficient (Wildman–Crippen LogP) is 3.14. The number of hydroxylamine groups is 2. The summed E-state index contributed by atoms with van der Waals surface area (Å²) in [4.78, 5) is 41.0. The molecule has 4 aromatic rings. The predicted molar refractivity (Wildman–Crippen MR) is 148 cm³/mol. The van der Waals surface area contributed by atoms with Gasteiger partial charge in [-0.2, -0.15) is 10.2 Å². The Hall–Kier alpha value is -4.58. The largest absolute Gasteiger partial charge is 0.528 e. The van der Waals surface area contributed by atoms with Crippen LogP contribution in [0.4, 0.5) is 10.5 Å². The molecule has 4 heterocycles. The van der Waals surface area contributed by atoms with Crippen molar-refractivity contribution in [1.29, 1.82) is 0 Å². The highest BCUT2D eigenvalue weighted by molar-refractivity contribution is 5.60. The first-order valence-electron chi connectivity index (χ1n) is 13.0. The van der Waals surface area contributed by atoms with Gasteiger partial charge in [-0.1, -0.05) is 18.2 Å². The van der Waals surface area contributed by atoms with Gasteiger partial charge in [0.25, 0.3) is 5.56 Å². The molecule has 1 aliphatic heterocycles. The molecular formula is C28H32N8O4. The van der Waals surface area contributed by atoms with E-state index >= 15 is 0 Å². The van der Waals surface area contributed by atoms with E-state index in [1.807, 2.05) is 37.5 Å². The second-order valence-electron chi connectivity index (χ2n) is 10.6. The van der Waals surface area contributed by atoms with Crippen molar-refractivity contribution in [3.63, 3.8) is 0 Å². The molecule has 1 aromatic carbocycles. The van der Waals surface area contributed by atoms with Crippen molar-refractivity contribution in [2.75, 3.05) is 31.1 Å². The standard InChI is InChI=1S/C28H32N8O4/c1-28(2,3)39-27(38)40-35-12-10-34(11-13-35)23-16-29-26(30-17-23)21-7-5-6-20(14-21)18-36-25(37)9-8-24(32-36)22-15-31-33(4)19-22/h5-9,14-17,19H,10-13,18H2,1-4H3. The molecule has 0 unspecified atom stereocenters. The molecule has 1 saturated heterocycles. The maximum absolute atomic E-state index is 12.5. The number of anilines is 1. The lowest BCUT2D eigenvalue weighted by molar-refractivity contribution is -0.144. The van der Waals surface area contributed by atoms with Gasteiger partial charge in [0, 0.05) is 43.5 Å². The van der Waals surface area contributed by atoms with Gasteiger partial charge in [-0.3, -0.25) is 9.48 Å². The number of hydrogen-bond acceptors (Lipinski definition) is 10. The van der Waals surface area contributed by atoms with E-state index in [1.54, 1.807) is 55.2 Å². The first-order chi connectivity index (χ1) is 19.1. The van der Waals surface area contributed by atoms with Gasteiger partial charge in [0.15, 0.2) is 5.82 Å². The number of hydrogen-bond donors (Lipinski definition) is 0. The van der Waals surface area contributed by atoms with Crippen LogP contribution in [0.25, 0.3) is 22.6 Å². The summed E-state index contributed by atoms with van der Waals surface area (Å²) in [7, 11) is 1.84. The summed E-state index contributed by atoms with van der Waals surface area (Å²) in [6.07, 6.45) is 6.47. The van der Waals surface area contributed by atoms with E-state index in [2.05, 4.69) is 25.1 Å². The van der Waals surface area contributed by atoms with Crippen molar-refractivity contribution < 1.29 is 14.4 Å². The van der Waals surface area contributed by atoms with Crippen molar-refractivity contribution in [2.24, 2.45) is 7.05 Å². The average molecular weight is 545 g/mol. The number of piperazine rings is 1. The molecule has 0 atom stereocenters. The van der Waals surface area contributed by atoms with E-state index in [1.165, 1.54) is 10.7 Å². The van der Waals surface area contributed by atoms with Crippen LogP contribution in [0.1, 0.15) is 26.3 Å². The molecule has 12 nitrogen and oxygen atoms in total. The fraction of sp³-hybridized carbons (Fsp3) is 0.357. The molecule has 0 aliphatic carbocycles. The summed E-state index contributed by atoms with van der Waals surface area (Å²) >= 11 is 0. The fourth-order valence-electron chi connectivity index (χ4n) is 4.30. The van der Waals surface area contributed by atoms with E-state index in [-0.39, 0.29) is 5.56 Å². The Morgan fingerprint density at radius 3 is 2.40 bits per heavy atom. The van der Waals surface area contributed by atoms with Gasteiger partial charge in [0.1, 0.15) is 5.60 Å². The number of nitrogens with zero attached hydrogens (tertiary/aromatic N) is 8. The number of benzene rings is 1. The Labute approximate surface area is 231 Å². The number of aromatic nitrogens is 6. The van der Waals surface area contributed by atoms with Gasteiger partial charge in [-0.25, -0.2) is 19.4 Å². The highest BCUT2D eigenvalue weighted by Crippen LogP contribution is 2.21. The van der Waals surface area contributed by atoms with E-state index in [0.29, 0.717) is 44.2 Å². The summed E-state index contributed by atoms with van der Waals surface area (Å²) in [5, 5.41) is 10.3. The molecule has 0 radical (unpaired) electrons.